The summed E-state index contributed by atoms with van der Waals surface area (Å²) < 4.78 is 12.6. The largest absolute Gasteiger partial charge is 0.241 e. The summed E-state index contributed by atoms with van der Waals surface area (Å²) in [5, 5.41) is 3.52. The highest BCUT2D eigenvalue weighted by Crippen LogP contribution is 1.80. The van der Waals surface area contributed by atoms with Crippen LogP contribution in [0.25, 0.3) is 0 Å². The Bertz CT molecular complexity index is 124. The Morgan fingerprint density at radius 3 is 3.00 bits per heavy atom. The summed E-state index contributed by atoms with van der Waals surface area (Å²) >= 11 is 0. The molecule has 0 fully saturated rings. The number of nitrogens with zero attached hydrogens (tertiary/aromatic N) is 2. The second-order valence-corrected chi connectivity index (χ2v) is 1.10. The lowest BCUT2D eigenvalue weighted by Gasteiger charge is -1.84. The minimum Gasteiger partial charge on any atom is -0.241 e. The summed E-state index contributed by atoms with van der Waals surface area (Å²) in [5.74, 6) is 0. The van der Waals surface area contributed by atoms with Crippen molar-refractivity contribution >= 4 is 0 Å². The predicted octanol–water partition coefficient (Wildman–Crippen LogP) is 0.610. The van der Waals surface area contributed by atoms with Crippen molar-refractivity contribution in [1.82, 2.24) is 9.78 Å². The van der Waals surface area contributed by atoms with Gasteiger partial charge in [-0.25, -0.2) is 9.07 Å². The van der Waals surface area contributed by atoms with E-state index in [1.54, 1.807) is 0 Å². The van der Waals surface area contributed by atoms with E-state index in [0.717, 1.165) is 4.68 Å². The first kappa shape index (κ1) is 4.30. The second kappa shape index (κ2) is 1.73. The minimum absolute atomic E-state index is 0.566. The number of hydrogen-bond donors (Lipinski definition) is 0. The van der Waals surface area contributed by atoms with Gasteiger partial charge >= 0.3 is 0 Å². The Morgan fingerprint density at radius 2 is 2.71 bits per heavy atom. The molecule has 0 N–H and O–H groups in total. The molecule has 3 heteroatoms. The van der Waals surface area contributed by atoms with Crippen LogP contribution in [-0.4, -0.2) is 9.78 Å². The van der Waals surface area contributed by atoms with Crippen LogP contribution in [0.4, 0.5) is 4.39 Å². The summed E-state index contributed by atoms with van der Waals surface area (Å²) in [6.45, 7) is -0.566. The van der Waals surface area contributed by atoms with Crippen LogP contribution in [0.2, 0.25) is 0 Å². The molecule has 1 aromatic heterocycles. The Morgan fingerprint density at radius 1 is 1.86 bits per heavy atom. The van der Waals surface area contributed by atoms with Crippen molar-refractivity contribution in [3.05, 3.63) is 18.5 Å². The molecule has 0 amide bonds. The molecule has 0 saturated heterocycles. The van der Waals surface area contributed by atoms with Gasteiger partial charge in [-0.05, 0) is 0 Å². The maximum atomic E-state index is 11.4. The van der Waals surface area contributed by atoms with E-state index in [0.29, 0.717) is 0 Å². The fourth-order valence-electron chi connectivity index (χ4n) is 0.326. The van der Waals surface area contributed by atoms with Gasteiger partial charge in [0.1, 0.15) is 0 Å². The van der Waals surface area contributed by atoms with E-state index in [9.17, 15) is 4.39 Å². The van der Waals surface area contributed by atoms with Crippen molar-refractivity contribution in [2.75, 3.05) is 0 Å². The number of rotatable bonds is 1. The highest BCUT2D eigenvalue weighted by Gasteiger charge is 1.80. The van der Waals surface area contributed by atoms with Crippen LogP contribution in [0.5, 0.6) is 0 Å². The molecule has 2 nitrogen and oxygen atoms in total. The van der Waals surface area contributed by atoms with Crippen LogP contribution in [-0.2, 0) is 6.80 Å². The van der Waals surface area contributed by atoms with Gasteiger partial charge in [0.05, 0.1) is 6.20 Å². The Labute approximate surface area is 40.6 Å². The normalized spacial score (nSPS) is 9.29. The van der Waals surface area contributed by atoms with Crippen molar-refractivity contribution in [2.24, 2.45) is 0 Å². The summed E-state index contributed by atoms with van der Waals surface area (Å²) in [5.41, 5.74) is 0. The van der Waals surface area contributed by atoms with E-state index < -0.39 is 6.80 Å². The highest BCUT2D eigenvalue weighted by atomic mass is 19.1. The smallest absolute Gasteiger partial charge is 0.181 e. The van der Waals surface area contributed by atoms with Gasteiger partial charge in [0.2, 0.25) is 0 Å². The zero-order valence-electron chi connectivity index (χ0n) is 3.63. The van der Waals surface area contributed by atoms with Gasteiger partial charge in [-0.2, -0.15) is 5.10 Å². The van der Waals surface area contributed by atoms with E-state index in [-0.39, 0.29) is 0 Å². The fourth-order valence-corrected chi connectivity index (χ4v) is 0.326. The molecule has 0 atom stereocenters. The van der Waals surface area contributed by atoms with Crippen molar-refractivity contribution in [3.63, 3.8) is 0 Å². The zero-order chi connectivity index (χ0) is 5.11. The molecule has 0 unspecified atom stereocenters. The van der Waals surface area contributed by atoms with Crippen LogP contribution in [0, 0.1) is 6.07 Å². The third kappa shape index (κ3) is 0.765. The van der Waals surface area contributed by atoms with Gasteiger partial charge in [-0.15, -0.1) is 0 Å². The summed E-state index contributed by atoms with van der Waals surface area (Å²) in [4.78, 5) is 0. The maximum Gasteiger partial charge on any atom is 0.181 e. The molecular formula is C4H4FN2. The summed E-state index contributed by atoms with van der Waals surface area (Å²) in [7, 11) is 0. The highest BCUT2D eigenvalue weighted by molar-refractivity contribution is 4.72. The van der Waals surface area contributed by atoms with Gasteiger partial charge < -0.3 is 0 Å². The molecular weight excluding hydrogens is 95.1 g/mol. The summed E-state index contributed by atoms with van der Waals surface area (Å²) in [6, 6.07) is 2.59. The van der Waals surface area contributed by atoms with Crippen molar-refractivity contribution in [3.8, 4) is 0 Å². The zero-order valence-corrected chi connectivity index (χ0v) is 3.63. The SMILES string of the molecule is FCn1c[c]cn1. The lowest BCUT2D eigenvalue weighted by Crippen LogP contribution is -1.90. The van der Waals surface area contributed by atoms with E-state index in [4.69, 9.17) is 0 Å². The van der Waals surface area contributed by atoms with Crippen molar-refractivity contribution in [2.45, 2.75) is 6.80 Å². The molecule has 0 aromatic carbocycles. The minimum atomic E-state index is -0.566. The number of halogens is 1. The molecule has 37 valence electrons. The monoisotopic (exact) mass is 99.0 g/mol. The average Bonchev–Trinajstić information content (AvgIpc) is 2.14. The number of alkyl halides is 1. The Balaban J connectivity index is 2.76. The molecule has 1 radical (unpaired) electrons. The topological polar surface area (TPSA) is 17.8 Å². The third-order valence-corrected chi connectivity index (χ3v) is 0.627. The number of hydrogen-bond acceptors (Lipinski definition) is 1. The molecule has 0 aliphatic rings. The van der Waals surface area contributed by atoms with Crippen molar-refractivity contribution < 1.29 is 4.39 Å². The molecule has 0 aliphatic carbocycles. The van der Waals surface area contributed by atoms with Crippen molar-refractivity contribution in [1.29, 1.82) is 0 Å². The lowest BCUT2D eigenvalue weighted by atomic mass is 10.8. The molecule has 0 aliphatic heterocycles. The molecule has 0 bridgehead atoms. The van der Waals surface area contributed by atoms with Crippen LogP contribution >= 0.6 is 0 Å². The van der Waals surface area contributed by atoms with E-state index >= 15 is 0 Å². The van der Waals surface area contributed by atoms with E-state index in [1.165, 1.54) is 12.4 Å². The fraction of sp³-hybridized carbons (Fsp3) is 0.250. The molecule has 7 heavy (non-hydrogen) atoms. The van der Waals surface area contributed by atoms with Crippen LogP contribution in [0.1, 0.15) is 0 Å². The lowest BCUT2D eigenvalue weighted by molar-refractivity contribution is 0.350. The van der Waals surface area contributed by atoms with E-state index in [1.807, 2.05) is 0 Å². The van der Waals surface area contributed by atoms with E-state index in [2.05, 4.69) is 11.2 Å². The van der Waals surface area contributed by atoms with Gasteiger partial charge in [-0.3, -0.25) is 0 Å². The quantitative estimate of drug-likeness (QED) is 0.504. The third-order valence-electron chi connectivity index (χ3n) is 0.627. The first-order valence-electron chi connectivity index (χ1n) is 1.88. The molecule has 1 rings (SSSR count). The average molecular weight is 99.1 g/mol. The Kier molecular flexibility index (Phi) is 1.06. The number of aromatic nitrogens is 2. The van der Waals surface area contributed by atoms with Gasteiger partial charge in [0.15, 0.2) is 6.80 Å². The standard InChI is InChI=1S/C4H4FN2/c5-4-7-3-1-2-6-7/h2-3H,4H2. The predicted molar refractivity (Wildman–Crippen MR) is 22.2 cm³/mol. The first-order chi connectivity index (χ1) is 3.43. The van der Waals surface area contributed by atoms with Gasteiger partial charge in [0, 0.05) is 12.3 Å². The summed E-state index contributed by atoms with van der Waals surface area (Å²) in [6.07, 6.45) is 2.86. The Hall–Kier alpha value is -0.860. The van der Waals surface area contributed by atoms with Gasteiger partial charge in [0.25, 0.3) is 0 Å². The molecule has 1 heterocycles. The van der Waals surface area contributed by atoms with Crippen LogP contribution in [0.15, 0.2) is 12.4 Å². The molecule has 0 spiro atoms. The first-order valence-corrected chi connectivity index (χ1v) is 1.88. The van der Waals surface area contributed by atoms with Crippen LogP contribution in [0.3, 0.4) is 0 Å². The maximum absolute atomic E-state index is 11.4. The molecule has 1 aromatic rings. The van der Waals surface area contributed by atoms with Gasteiger partial charge in [-0.1, -0.05) is 0 Å². The molecule has 0 saturated carbocycles. The second-order valence-electron chi connectivity index (χ2n) is 1.10. The van der Waals surface area contributed by atoms with Crippen LogP contribution < -0.4 is 0 Å².